The number of carbonyl (C=O) groups is 1. The molecule has 1 saturated carbocycles. The lowest BCUT2D eigenvalue weighted by molar-refractivity contribution is -0.121. The zero-order chi connectivity index (χ0) is 19.5. The zero-order valence-corrected chi connectivity index (χ0v) is 16.1. The Balaban J connectivity index is 1.76. The molecule has 4 atom stereocenters. The number of aryl methyl sites for hydroxylation is 1. The molecule has 1 aliphatic rings. The summed E-state index contributed by atoms with van der Waals surface area (Å²) in [4.78, 5) is 12.2. The minimum absolute atomic E-state index is 0.106. The molecule has 1 fully saturated rings. The predicted molar refractivity (Wildman–Crippen MR) is 103 cm³/mol. The first-order chi connectivity index (χ1) is 13.1. The van der Waals surface area contributed by atoms with Crippen molar-refractivity contribution in [1.29, 1.82) is 0 Å². The molecular formula is C20H32N4O3. The Bertz CT molecular complexity index is 600. The van der Waals surface area contributed by atoms with E-state index < -0.39 is 12.2 Å². The summed E-state index contributed by atoms with van der Waals surface area (Å²) in [7, 11) is 0. The molecule has 0 radical (unpaired) electrons. The van der Waals surface area contributed by atoms with E-state index in [1.807, 2.05) is 12.2 Å². The van der Waals surface area contributed by atoms with Crippen molar-refractivity contribution in [2.75, 3.05) is 0 Å². The molecule has 150 valence electrons. The second-order valence-electron chi connectivity index (χ2n) is 7.30. The second kappa shape index (κ2) is 11.8. The molecule has 7 heteroatoms. The number of nitrogens with one attached hydrogen (secondary N) is 1. The lowest BCUT2D eigenvalue weighted by Gasteiger charge is -2.16. The van der Waals surface area contributed by atoms with Crippen molar-refractivity contribution in [3.8, 4) is 0 Å². The molecule has 7 nitrogen and oxygen atoms in total. The maximum atomic E-state index is 12.2. The Morgan fingerprint density at radius 2 is 2.15 bits per heavy atom. The molecule has 3 N–H and O–H groups in total. The molecule has 0 unspecified atom stereocenters. The molecule has 1 aromatic heterocycles. The SMILES string of the molecule is CCCCC[C@H](O)/C=C/[C@H]1[C@H](O)CC(=O)[C@@H]1C/C=C\CCCc1nn[nH]n1. The molecule has 2 rings (SSSR count). The van der Waals surface area contributed by atoms with Crippen LogP contribution in [0.5, 0.6) is 0 Å². The molecule has 1 aromatic rings. The lowest BCUT2D eigenvalue weighted by atomic mass is 9.90. The number of unbranched alkanes of at least 4 members (excludes halogenated alkanes) is 3. The van der Waals surface area contributed by atoms with Gasteiger partial charge in [-0.1, -0.05) is 55.7 Å². The van der Waals surface area contributed by atoms with Crippen molar-refractivity contribution < 1.29 is 15.0 Å². The monoisotopic (exact) mass is 376 g/mol. The van der Waals surface area contributed by atoms with E-state index in [-0.39, 0.29) is 24.0 Å². The van der Waals surface area contributed by atoms with Gasteiger partial charge in [0.15, 0.2) is 5.82 Å². The highest BCUT2D eigenvalue weighted by Gasteiger charge is 2.39. The Kier molecular flexibility index (Phi) is 9.35. The van der Waals surface area contributed by atoms with Crippen LogP contribution >= 0.6 is 0 Å². The van der Waals surface area contributed by atoms with Crippen LogP contribution in [-0.2, 0) is 11.2 Å². The van der Waals surface area contributed by atoms with Crippen LogP contribution in [0, 0.1) is 11.8 Å². The van der Waals surface area contributed by atoms with Gasteiger partial charge in [-0.05, 0) is 25.7 Å². The van der Waals surface area contributed by atoms with E-state index in [1.54, 1.807) is 6.08 Å². The van der Waals surface area contributed by atoms with Crippen LogP contribution in [0.15, 0.2) is 24.3 Å². The Morgan fingerprint density at radius 3 is 2.89 bits per heavy atom. The maximum absolute atomic E-state index is 12.2. The standard InChI is InChI=1S/C20H32N4O3/c1-2-3-6-9-15(25)12-13-17-16(18(26)14-19(17)27)10-7-4-5-8-11-20-21-23-24-22-20/h4,7,12-13,15-17,19,25,27H,2-3,5-6,8-11,14H2,1H3,(H,21,22,23,24)/b7-4-,13-12+/t15-,16+,17+,19+/m0/s1. The number of rotatable bonds is 12. The largest absolute Gasteiger partial charge is 0.392 e. The number of H-pyrrole nitrogens is 1. The zero-order valence-electron chi connectivity index (χ0n) is 16.1. The molecular weight excluding hydrogens is 344 g/mol. The van der Waals surface area contributed by atoms with E-state index in [9.17, 15) is 15.0 Å². The summed E-state index contributed by atoms with van der Waals surface area (Å²) in [5, 5.41) is 34.0. The summed E-state index contributed by atoms with van der Waals surface area (Å²) in [6, 6.07) is 0. The van der Waals surface area contributed by atoms with Crippen LogP contribution in [0.4, 0.5) is 0 Å². The van der Waals surface area contributed by atoms with Gasteiger partial charge in [-0.2, -0.15) is 5.21 Å². The van der Waals surface area contributed by atoms with Crippen LogP contribution in [0.3, 0.4) is 0 Å². The topological polar surface area (TPSA) is 112 Å². The summed E-state index contributed by atoms with van der Waals surface area (Å²) in [5.41, 5.74) is 0. The molecule has 1 heterocycles. The number of Topliss-reactive ketones (excluding diaryl/α,β-unsaturated/α-hetero) is 1. The normalized spacial score (nSPS) is 24.4. The van der Waals surface area contributed by atoms with Gasteiger partial charge < -0.3 is 10.2 Å². The fraction of sp³-hybridized carbons (Fsp3) is 0.700. The first-order valence-electron chi connectivity index (χ1n) is 10.1. The van der Waals surface area contributed by atoms with E-state index in [4.69, 9.17) is 0 Å². The van der Waals surface area contributed by atoms with E-state index >= 15 is 0 Å². The summed E-state index contributed by atoms with van der Waals surface area (Å²) >= 11 is 0. The average Bonchev–Trinajstić information content (AvgIpc) is 3.24. The Labute approximate surface area is 161 Å². The van der Waals surface area contributed by atoms with Gasteiger partial charge in [0.2, 0.25) is 0 Å². The highest BCUT2D eigenvalue weighted by Crippen LogP contribution is 2.33. The van der Waals surface area contributed by atoms with Gasteiger partial charge in [0.1, 0.15) is 5.78 Å². The minimum Gasteiger partial charge on any atom is -0.392 e. The van der Waals surface area contributed by atoms with Crippen LogP contribution in [0.1, 0.15) is 64.1 Å². The third-order valence-corrected chi connectivity index (χ3v) is 5.11. The molecule has 0 amide bonds. The third kappa shape index (κ3) is 7.34. The van der Waals surface area contributed by atoms with Crippen molar-refractivity contribution in [2.24, 2.45) is 11.8 Å². The fourth-order valence-corrected chi connectivity index (χ4v) is 3.51. The number of allylic oxidation sites excluding steroid dienone is 2. The summed E-state index contributed by atoms with van der Waals surface area (Å²) in [5.74, 6) is 0.407. The molecule has 27 heavy (non-hydrogen) atoms. The molecule has 0 spiro atoms. The van der Waals surface area contributed by atoms with E-state index in [0.717, 1.165) is 44.9 Å². The number of aromatic amines is 1. The summed E-state index contributed by atoms with van der Waals surface area (Å²) < 4.78 is 0. The van der Waals surface area contributed by atoms with Crippen LogP contribution < -0.4 is 0 Å². The van der Waals surface area contributed by atoms with Crippen molar-refractivity contribution in [2.45, 2.75) is 76.9 Å². The van der Waals surface area contributed by atoms with Crippen LogP contribution in [-0.4, -0.2) is 48.8 Å². The number of aromatic nitrogens is 4. The molecule has 0 aromatic carbocycles. The molecule has 0 saturated heterocycles. The van der Waals surface area contributed by atoms with Gasteiger partial charge in [0, 0.05) is 24.7 Å². The molecule has 1 aliphatic carbocycles. The highest BCUT2D eigenvalue weighted by atomic mass is 16.3. The van der Waals surface area contributed by atoms with Gasteiger partial charge in [-0.25, -0.2) is 0 Å². The number of tetrazole rings is 1. The predicted octanol–water partition coefficient (Wildman–Crippen LogP) is 2.53. The fourth-order valence-electron chi connectivity index (χ4n) is 3.51. The number of aliphatic hydroxyl groups excluding tert-OH is 2. The van der Waals surface area contributed by atoms with E-state index in [0.29, 0.717) is 12.2 Å². The highest BCUT2D eigenvalue weighted by molar-refractivity contribution is 5.84. The van der Waals surface area contributed by atoms with Crippen molar-refractivity contribution in [3.05, 3.63) is 30.1 Å². The first kappa shape index (κ1) is 21.4. The van der Waals surface area contributed by atoms with Crippen LogP contribution in [0.2, 0.25) is 0 Å². The number of ketones is 1. The Hall–Kier alpha value is -1.86. The Morgan fingerprint density at radius 1 is 1.30 bits per heavy atom. The van der Waals surface area contributed by atoms with E-state index in [2.05, 4.69) is 33.6 Å². The smallest absolute Gasteiger partial charge is 0.174 e. The van der Waals surface area contributed by atoms with Crippen molar-refractivity contribution in [1.82, 2.24) is 20.6 Å². The first-order valence-corrected chi connectivity index (χ1v) is 10.1. The van der Waals surface area contributed by atoms with Gasteiger partial charge in [0.05, 0.1) is 12.2 Å². The average molecular weight is 377 g/mol. The number of carbonyl (C=O) groups excluding carboxylic acids is 1. The van der Waals surface area contributed by atoms with Gasteiger partial charge in [-0.15, -0.1) is 10.2 Å². The second-order valence-corrected chi connectivity index (χ2v) is 7.30. The number of hydrogen-bond donors (Lipinski definition) is 3. The quantitative estimate of drug-likeness (QED) is 0.382. The molecule has 0 aliphatic heterocycles. The van der Waals surface area contributed by atoms with Gasteiger partial charge in [-0.3, -0.25) is 4.79 Å². The van der Waals surface area contributed by atoms with Gasteiger partial charge in [0.25, 0.3) is 0 Å². The van der Waals surface area contributed by atoms with Gasteiger partial charge >= 0.3 is 0 Å². The lowest BCUT2D eigenvalue weighted by Crippen LogP contribution is -2.18. The number of nitrogens with zero attached hydrogens (tertiary/aromatic N) is 3. The van der Waals surface area contributed by atoms with E-state index in [1.165, 1.54) is 0 Å². The molecule has 0 bridgehead atoms. The number of hydrogen-bond acceptors (Lipinski definition) is 6. The van der Waals surface area contributed by atoms with Crippen molar-refractivity contribution >= 4 is 5.78 Å². The number of aliphatic hydroxyl groups is 2. The maximum Gasteiger partial charge on any atom is 0.174 e. The summed E-state index contributed by atoms with van der Waals surface area (Å²) in [6.07, 6.45) is 13.9. The minimum atomic E-state index is -0.645. The van der Waals surface area contributed by atoms with Crippen molar-refractivity contribution in [3.63, 3.8) is 0 Å². The third-order valence-electron chi connectivity index (χ3n) is 5.11. The summed E-state index contributed by atoms with van der Waals surface area (Å²) in [6.45, 7) is 2.13. The van der Waals surface area contributed by atoms with Crippen LogP contribution in [0.25, 0.3) is 0 Å².